The molecule has 3 rings (SSSR count). The van der Waals surface area contributed by atoms with Crippen molar-refractivity contribution in [2.45, 2.75) is 50.5 Å². The van der Waals surface area contributed by atoms with Gasteiger partial charge in [-0.1, -0.05) is 19.3 Å². The van der Waals surface area contributed by atoms with E-state index in [2.05, 4.69) is 15.9 Å². The molecule has 0 aromatic carbocycles. The molecule has 27 heavy (non-hydrogen) atoms. The standard InChI is InChI=1S/C18H21ClN4O4/c1-3-5-6-14(25)26-10-18(4-2)12(24)9-13(27-18)23-8-7-11-15(20)21-17(19)22-16(11)23/h2,7-8,12-13,24H,3,5-6,9-10H2,1H3,(H2,20,21,22)/t12-,13+,18+/m0/s1. The van der Waals surface area contributed by atoms with Gasteiger partial charge in [-0.05, 0) is 24.1 Å². The number of anilines is 1. The summed E-state index contributed by atoms with van der Waals surface area (Å²) >= 11 is 5.90. The third kappa shape index (κ3) is 3.72. The number of terminal acetylenes is 1. The first-order valence-electron chi connectivity index (χ1n) is 8.69. The Bertz CT molecular complexity index is 893. The summed E-state index contributed by atoms with van der Waals surface area (Å²) in [5, 5.41) is 11.1. The zero-order valence-electron chi connectivity index (χ0n) is 14.9. The summed E-state index contributed by atoms with van der Waals surface area (Å²) in [4.78, 5) is 19.9. The van der Waals surface area contributed by atoms with Crippen LogP contribution in [-0.2, 0) is 14.3 Å². The molecule has 9 heteroatoms. The van der Waals surface area contributed by atoms with E-state index in [1.807, 2.05) is 6.92 Å². The van der Waals surface area contributed by atoms with Crippen LogP contribution in [0.15, 0.2) is 12.3 Å². The maximum atomic E-state index is 11.8. The van der Waals surface area contributed by atoms with E-state index in [9.17, 15) is 9.90 Å². The van der Waals surface area contributed by atoms with Crippen molar-refractivity contribution in [1.82, 2.24) is 14.5 Å². The lowest BCUT2D eigenvalue weighted by molar-refractivity contribution is -0.156. The first-order valence-corrected chi connectivity index (χ1v) is 9.07. The van der Waals surface area contributed by atoms with E-state index in [-0.39, 0.29) is 30.1 Å². The van der Waals surface area contributed by atoms with E-state index in [1.54, 1.807) is 16.8 Å². The van der Waals surface area contributed by atoms with Gasteiger partial charge in [-0.15, -0.1) is 6.42 Å². The highest BCUT2D eigenvalue weighted by Crippen LogP contribution is 2.39. The number of halogens is 1. The summed E-state index contributed by atoms with van der Waals surface area (Å²) in [7, 11) is 0. The number of aliphatic hydroxyl groups is 1. The zero-order valence-corrected chi connectivity index (χ0v) is 15.6. The van der Waals surface area contributed by atoms with Crippen molar-refractivity contribution in [3.05, 3.63) is 17.5 Å². The summed E-state index contributed by atoms with van der Waals surface area (Å²) in [6.45, 7) is 1.76. The molecule has 3 heterocycles. The summed E-state index contributed by atoms with van der Waals surface area (Å²) < 4.78 is 12.9. The van der Waals surface area contributed by atoms with Crippen LogP contribution in [0.2, 0.25) is 5.28 Å². The molecule has 1 aliphatic heterocycles. The van der Waals surface area contributed by atoms with E-state index in [1.165, 1.54) is 0 Å². The second-order valence-electron chi connectivity index (χ2n) is 6.46. The van der Waals surface area contributed by atoms with Gasteiger partial charge in [0, 0.05) is 19.0 Å². The van der Waals surface area contributed by atoms with Gasteiger partial charge in [0.1, 0.15) is 30.4 Å². The van der Waals surface area contributed by atoms with Gasteiger partial charge in [0.25, 0.3) is 0 Å². The van der Waals surface area contributed by atoms with Crippen LogP contribution in [0.1, 0.15) is 38.8 Å². The molecule has 3 atom stereocenters. The SMILES string of the molecule is C#C[C@]1(COC(=O)CCCC)O[C@@H](n2ccc3c(N)nc(Cl)nc32)C[C@@H]1O. The molecule has 3 N–H and O–H groups in total. The number of fused-ring (bicyclic) bond motifs is 1. The van der Waals surface area contributed by atoms with Crippen LogP contribution >= 0.6 is 11.6 Å². The number of esters is 1. The number of carbonyl (C=O) groups is 1. The van der Waals surface area contributed by atoms with Crippen LogP contribution in [0.4, 0.5) is 5.82 Å². The average molecular weight is 393 g/mol. The van der Waals surface area contributed by atoms with E-state index in [4.69, 9.17) is 33.2 Å². The van der Waals surface area contributed by atoms with Gasteiger partial charge in [0.05, 0.1) is 5.39 Å². The van der Waals surface area contributed by atoms with Gasteiger partial charge in [-0.2, -0.15) is 4.98 Å². The second kappa shape index (κ2) is 7.72. The third-order valence-electron chi connectivity index (χ3n) is 4.62. The van der Waals surface area contributed by atoms with Gasteiger partial charge in [-0.3, -0.25) is 4.79 Å². The highest BCUT2D eigenvalue weighted by Gasteiger charge is 2.49. The summed E-state index contributed by atoms with van der Waals surface area (Å²) in [5.74, 6) is 2.33. The first kappa shape index (κ1) is 19.4. The smallest absolute Gasteiger partial charge is 0.305 e. The lowest BCUT2D eigenvalue weighted by atomic mass is 9.99. The van der Waals surface area contributed by atoms with Crippen LogP contribution < -0.4 is 5.73 Å². The predicted octanol–water partition coefficient (Wildman–Crippen LogP) is 2.05. The number of aliphatic hydroxyl groups excluding tert-OH is 1. The van der Waals surface area contributed by atoms with E-state index in [0.717, 1.165) is 12.8 Å². The quantitative estimate of drug-likeness (QED) is 0.439. The largest absolute Gasteiger partial charge is 0.461 e. The lowest BCUT2D eigenvalue weighted by Gasteiger charge is -2.26. The molecule has 1 aliphatic rings. The molecule has 2 aromatic heterocycles. The molecule has 2 aromatic rings. The molecule has 8 nitrogen and oxygen atoms in total. The maximum absolute atomic E-state index is 11.8. The van der Waals surface area contributed by atoms with E-state index in [0.29, 0.717) is 17.5 Å². The molecule has 0 amide bonds. The molecule has 0 aliphatic carbocycles. The number of carbonyl (C=O) groups excluding carboxylic acids is 1. The van der Waals surface area contributed by atoms with Crippen LogP contribution in [-0.4, -0.2) is 43.9 Å². The Labute approximate surface area is 161 Å². The second-order valence-corrected chi connectivity index (χ2v) is 6.80. The van der Waals surface area contributed by atoms with Gasteiger partial charge >= 0.3 is 5.97 Å². The fourth-order valence-corrected chi connectivity index (χ4v) is 3.24. The summed E-state index contributed by atoms with van der Waals surface area (Å²) in [6, 6.07) is 1.73. The normalized spacial score (nSPS) is 24.8. The van der Waals surface area contributed by atoms with Crippen LogP contribution in [0.25, 0.3) is 11.0 Å². The highest BCUT2D eigenvalue weighted by molar-refractivity contribution is 6.28. The number of nitrogens with zero attached hydrogens (tertiary/aromatic N) is 3. The molecule has 0 radical (unpaired) electrons. The van der Waals surface area contributed by atoms with Gasteiger partial charge in [-0.25, -0.2) is 4.98 Å². The van der Waals surface area contributed by atoms with Crippen LogP contribution in [0, 0.1) is 12.3 Å². The number of aromatic nitrogens is 3. The molecular weight excluding hydrogens is 372 g/mol. The van der Waals surface area contributed by atoms with Crippen LogP contribution in [0.3, 0.4) is 0 Å². The average Bonchev–Trinajstić information content (AvgIpc) is 3.19. The Morgan fingerprint density at radius 3 is 3.11 bits per heavy atom. The zero-order chi connectivity index (χ0) is 19.6. The van der Waals surface area contributed by atoms with Crippen molar-refractivity contribution >= 4 is 34.4 Å². The minimum Gasteiger partial charge on any atom is -0.461 e. The minimum atomic E-state index is -1.43. The van der Waals surface area contributed by atoms with Gasteiger partial charge in [0.2, 0.25) is 5.28 Å². The molecule has 0 saturated carbocycles. The molecule has 1 fully saturated rings. The van der Waals surface area contributed by atoms with Crippen molar-refractivity contribution in [1.29, 1.82) is 0 Å². The first-order chi connectivity index (χ1) is 12.9. The Kier molecular flexibility index (Phi) is 5.56. The molecular formula is C18H21ClN4O4. The van der Waals surface area contributed by atoms with Crippen molar-refractivity contribution in [3.8, 4) is 12.3 Å². The lowest BCUT2D eigenvalue weighted by Crippen LogP contribution is -2.43. The number of nitrogens with two attached hydrogens (primary N) is 1. The number of ether oxygens (including phenoxy) is 2. The molecule has 0 spiro atoms. The van der Waals surface area contributed by atoms with Gasteiger partial charge < -0.3 is 24.9 Å². The molecule has 144 valence electrons. The third-order valence-corrected chi connectivity index (χ3v) is 4.79. The number of nitrogen functional groups attached to an aromatic ring is 1. The number of rotatable bonds is 6. The monoisotopic (exact) mass is 392 g/mol. The fourth-order valence-electron chi connectivity index (χ4n) is 3.07. The number of unbranched alkanes of at least 4 members (excludes halogenated alkanes) is 1. The van der Waals surface area contributed by atoms with E-state index < -0.39 is 17.9 Å². The summed E-state index contributed by atoms with van der Waals surface area (Å²) in [5.41, 5.74) is 4.91. The van der Waals surface area contributed by atoms with Crippen molar-refractivity contribution in [2.24, 2.45) is 0 Å². The van der Waals surface area contributed by atoms with Crippen molar-refractivity contribution < 1.29 is 19.4 Å². The molecule has 0 bridgehead atoms. The number of hydrogen-bond donors (Lipinski definition) is 2. The van der Waals surface area contributed by atoms with Crippen molar-refractivity contribution in [3.63, 3.8) is 0 Å². The topological polar surface area (TPSA) is 112 Å². The summed E-state index contributed by atoms with van der Waals surface area (Å²) in [6.07, 6.45) is 7.80. The van der Waals surface area contributed by atoms with Crippen LogP contribution in [0.5, 0.6) is 0 Å². The van der Waals surface area contributed by atoms with E-state index >= 15 is 0 Å². The fraction of sp³-hybridized carbons (Fsp3) is 0.500. The number of hydrogen-bond acceptors (Lipinski definition) is 7. The Balaban J connectivity index is 1.81. The Morgan fingerprint density at radius 1 is 1.63 bits per heavy atom. The maximum Gasteiger partial charge on any atom is 0.305 e. The molecule has 1 saturated heterocycles. The Morgan fingerprint density at radius 2 is 2.41 bits per heavy atom. The predicted molar refractivity (Wildman–Crippen MR) is 99.7 cm³/mol. The Hall–Kier alpha value is -2.34. The van der Waals surface area contributed by atoms with Crippen molar-refractivity contribution in [2.75, 3.05) is 12.3 Å². The van der Waals surface area contributed by atoms with Gasteiger partial charge in [0.15, 0.2) is 5.60 Å². The molecule has 0 unspecified atom stereocenters. The highest BCUT2D eigenvalue weighted by atomic mass is 35.5. The minimum absolute atomic E-state index is 0.00608.